The number of likely N-dealkylation sites (tertiary alicyclic amines) is 1. The summed E-state index contributed by atoms with van der Waals surface area (Å²) in [7, 11) is 0. The number of hydrogen-bond donors (Lipinski definition) is 1. The fourth-order valence-corrected chi connectivity index (χ4v) is 5.32. The van der Waals surface area contributed by atoms with Gasteiger partial charge in [0.05, 0.1) is 10.3 Å². The second kappa shape index (κ2) is 8.10. The number of aryl methyl sites for hydroxylation is 2. The number of carbonyl (C=O) groups is 1. The van der Waals surface area contributed by atoms with Crippen molar-refractivity contribution in [3.8, 4) is 0 Å². The zero-order chi connectivity index (χ0) is 18.8. The number of hydrogen-bond acceptors (Lipinski definition) is 6. The normalized spacial score (nSPS) is 18.4. The quantitative estimate of drug-likeness (QED) is 0.854. The second-order valence-electron chi connectivity index (χ2n) is 7.68. The number of anilines is 1. The first-order valence-corrected chi connectivity index (χ1v) is 11.0. The van der Waals surface area contributed by atoms with E-state index in [2.05, 4.69) is 20.1 Å². The molecule has 2 aromatic heterocycles. The summed E-state index contributed by atoms with van der Waals surface area (Å²) < 4.78 is 0. The largest absolute Gasteiger partial charge is 0.356 e. The van der Waals surface area contributed by atoms with Gasteiger partial charge in [-0.2, -0.15) is 0 Å². The van der Waals surface area contributed by atoms with Crippen LogP contribution in [0.2, 0.25) is 0 Å². The molecule has 146 valence electrons. The van der Waals surface area contributed by atoms with Crippen LogP contribution in [-0.2, 0) is 0 Å². The lowest BCUT2D eigenvalue weighted by molar-refractivity contribution is 0.0953. The van der Waals surface area contributed by atoms with Crippen LogP contribution in [0.3, 0.4) is 0 Å². The third-order valence-corrected chi connectivity index (χ3v) is 6.84. The van der Waals surface area contributed by atoms with Gasteiger partial charge in [0.25, 0.3) is 5.91 Å². The number of carbonyl (C=O) groups excluding carboxylic acids is 1. The molecule has 4 rings (SSSR count). The van der Waals surface area contributed by atoms with Crippen LogP contribution < -0.4 is 10.2 Å². The first-order valence-electron chi connectivity index (χ1n) is 10.2. The first kappa shape index (κ1) is 18.6. The molecule has 4 heterocycles. The van der Waals surface area contributed by atoms with Gasteiger partial charge in [0.1, 0.15) is 16.5 Å². The molecule has 2 aliphatic heterocycles. The van der Waals surface area contributed by atoms with Crippen LogP contribution in [-0.4, -0.2) is 60.0 Å². The number of nitrogens with zero attached hydrogens (tertiary/aromatic N) is 4. The molecule has 2 fully saturated rings. The van der Waals surface area contributed by atoms with Crippen molar-refractivity contribution >= 4 is 33.3 Å². The summed E-state index contributed by atoms with van der Waals surface area (Å²) >= 11 is 1.50. The van der Waals surface area contributed by atoms with Crippen LogP contribution in [0.5, 0.6) is 0 Å². The van der Waals surface area contributed by atoms with E-state index in [0.29, 0.717) is 6.54 Å². The smallest absolute Gasteiger partial charge is 0.261 e. The standard InChI is InChI=1S/C20H29N5OS/c1-14-16-18(25-11-4-3-5-12-25)22-15(2)23-20(16)27-17(14)19(26)21-8-13-24-9-6-7-10-24/h3-13H2,1-2H3,(H,21,26). The molecule has 0 bridgehead atoms. The molecule has 0 atom stereocenters. The Kier molecular flexibility index (Phi) is 5.59. The zero-order valence-corrected chi connectivity index (χ0v) is 17.2. The van der Waals surface area contributed by atoms with E-state index in [4.69, 9.17) is 4.98 Å². The molecule has 0 radical (unpaired) electrons. The molecular weight excluding hydrogens is 358 g/mol. The van der Waals surface area contributed by atoms with Gasteiger partial charge in [-0.25, -0.2) is 9.97 Å². The maximum atomic E-state index is 12.8. The van der Waals surface area contributed by atoms with E-state index in [-0.39, 0.29) is 5.91 Å². The monoisotopic (exact) mass is 387 g/mol. The highest BCUT2D eigenvalue weighted by Crippen LogP contribution is 2.36. The number of rotatable bonds is 5. The predicted octanol–water partition coefficient (Wildman–Crippen LogP) is 3.12. The maximum Gasteiger partial charge on any atom is 0.261 e. The Morgan fingerprint density at radius 2 is 1.74 bits per heavy atom. The molecule has 0 aliphatic carbocycles. The lowest BCUT2D eigenvalue weighted by atomic mass is 10.1. The van der Waals surface area contributed by atoms with Gasteiger partial charge in [-0.1, -0.05) is 0 Å². The van der Waals surface area contributed by atoms with Crippen molar-refractivity contribution in [3.63, 3.8) is 0 Å². The fourth-order valence-electron chi connectivity index (χ4n) is 4.19. The number of aromatic nitrogens is 2. The lowest BCUT2D eigenvalue weighted by Gasteiger charge is -2.28. The number of piperidine rings is 1. The number of thiophene rings is 1. The topological polar surface area (TPSA) is 61.4 Å². The number of nitrogens with one attached hydrogen (secondary N) is 1. The van der Waals surface area contributed by atoms with Crippen LogP contribution in [0.4, 0.5) is 5.82 Å². The predicted molar refractivity (Wildman–Crippen MR) is 111 cm³/mol. The van der Waals surface area contributed by atoms with Crippen molar-refractivity contribution in [1.82, 2.24) is 20.2 Å². The van der Waals surface area contributed by atoms with Gasteiger partial charge in [0, 0.05) is 26.2 Å². The van der Waals surface area contributed by atoms with Crippen LogP contribution in [0.25, 0.3) is 10.2 Å². The van der Waals surface area contributed by atoms with Gasteiger partial charge in [-0.05, 0) is 64.6 Å². The van der Waals surface area contributed by atoms with Crippen LogP contribution >= 0.6 is 11.3 Å². The molecule has 6 nitrogen and oxygen atoms in total. The minimum atomic E-state index is 0.0249. The third kappa shape index (κ3) is 3.94. The minimum Gasteiger partial charge on any atom is -0.356 e. The van der Waals surface area contributed by atoms with Crippen molar-refractivity contribution in [2.75, 3.05) is 44.2 Å². The van der Waals surface area contributed by atoms with E-state index in [0.717, 1.165) is 65.0 Å². The molecule has 0 unspecified atom stereocenters. The Morgan fingerprint density at radius 1 is 1.04 bits per heavy atom. The molecule has 7 heteroatoms. The van der Waals surface area contributed by atoms with E-state index in [9.17, 15) is 4.79 Å². The molecule has 1 N–H and O–H groups in total. The highest BCUT2D eigenvalue weighted by molar-refractivity contribution is 7.20. The van der Waals surface area contributed by atoms with Gasteiger partial charge in [-0.3, -0.25) is 4.79 Å². The van der Waals surface area contributed by atoms with Crippen LogP contribution in [0.15, 0.2) is 0 Å². The Labute approximate surface area is 165 Å². The summed E-state index contributed by atoms with van der Waals surface area (Å²) in [6, 6.07) is 0. The van der Waals surface area contributed by atoms with Crippen molar-refractivity contribution in [3.05, 3.63) is 16.3 Å². The number of amides is 1. The second-order valence-corrected chi connectivity index (χ2v) is 8.68. The van der Waals surface area contributed by atoms with Gasteiger partial charge >= 0.3 is 0 Å². The average Bonchev–Trinajstić information content (AvgIpc) is 3.30. The minimum absolute atomic E-state index is 0.0249. The third-order valence-electron chi connectivity index (χ3n) is 5.66. The molecule has 27 heavy (non-hydrogen) atoms. The van der Waals surface area contributed by atoms with Crippen molar-refractivity contribution in [2.45, 2.75) is 46.0 Å². The SMILES string of the molecule is Cc1nc(N2CCCCC2)c2c(C)c(C(=O)NCCN3CCCC3)sc2n1. The Morgan fingerprint density at radius 3 is 2.48 bits per heavy atom. The number of fused-ring (bicyclic) bond motifs is 1. The summed E-state index contributed by atoms with van der Waals surface area (Å²) in [6.45, 7) is 10.0. The molecule has 2 aromatic rings. The Bertz CT molecular complexity index is 821. The van der Waals surface area contributed by atoms with Crippen molar-refractivity contribution in [1.29, 1.82) is 0 Å². The van der Waals surface area contributed by atoms with Crippen LogP contribution in [0.1, 0.15) is 53.2 Å². The van der Waals surface area contributed by atoms with Gasteiger partial charge in [-0.15, -0.1) is 11.3 Å². The molecule has 2 saturated heterocycles. The van der Waals surface area contributed by atoms with E-state index in [1.807, 2.05) is 13.8 Å². The first-order chi connectivity index (χ1) is 13.1. The van der Waals surface area contributed by atoms with E-state index >= 15 is 0 Å². The van der Waals surface area contributed by atoms with Gasteiger partial charge < -0.3 is 15.1 Å². The van der Waals surface area contributed by atoms with Gasteiger partial charge in [0.15, 0.2) is 0 Å². The van der Waals surface area contributed by atoms with Crippen molar-refractivity contribution in [2.24, 2.45) is 0 Å². The summed E-state index contributed by atoms with van der Waals surface area (Å²) in [5, 5.41) is 4.18. The highest BCUT2D eigenvalue weighted by Gasteiger charge is 2.23. The summed E-state index contributed by atoms with van der Waals surface area (Å²) in [5.41, 5.74) is 1.02. The molecular formula is C20H29N5OS. The zero-order valence-electron chi connectivity index (χ0n) is 16.4. The Balaban J connectivity index is 1.56. The van der Waals surface area contributed by atoms with E-state index in [1.165, 1.54) is 43.4 Å². The Hall–Kier alpha value is -1.73. The molecule has 1 amide bonds. The fraction of sp³-hybridized carbons (Fsp3) is 0.650. The highest BCUT2D eigenvalue weighted by atomic mass is 32.1. The molecule has 0 spiro atoms. The molecule has 0 aromatic carbocycles. The van der Waals surface area contributed by atoms with Crippen LogP contribution in [0, 0.1) is 13.8 Å². The summed E-state index contributed by atoms with van der Waals surface area (Å²) in [5.74, 6) is 1.82. The van der Waals surface area contributed by atoms with Gasteiger partial charge in [0.2, 0.25) is 0 Å². The average molecular weight is 388 g/mol. The van der Waals surface area contributed by atoms with E-state index in [1.54, 1.807) is 0 Å². The van der Waals surface area contributed by atoms with Crippen molar-refractivity contribution < 1.29 is 4.79 Å². The molecule has 0 saturated carbocycles. The summed E-state index contributed by atoms with van der Waals surface area (Å²) in [6.07, 6.45) is 6.26. The van der Waals surface area contributed by atoms with E-state index < -0.39 is 0 Å². The maximum absolute atomic E-state index is 12.8. The lowest BCUT2D eigenvalue weighted by Crippen LogP contribution is -2.33. The summed E-state index contributed by atoms with van der Waals surface area (Å²) in [4.78, 5) is 28.7. The molecule has 2 aliphatic rings.